The normalized spacial score (nSPS) is 23.2. The van der Waals surface area contributed by atoms with Gasteiger partial charge in [0.15, 0.2) is 0 Å². The maximum Gasteiger partial charge on any atom is 0.325 e. The van der Waals surface area contributed by atoms with Gasteiger partial charge in [0.1, 0.15) is 5.54 Å². The lowest BCUT2D eigenvalue weighted by Gasteiger charge is -2.30. The Labute approximate surface area is 101 Å². The van der Waals surface area contributed by atoms with Crippen LogP contribution in [-0.4, -0.2) is 40.6 Å². The molecule has 2 N–H and O–H groups in total. The summed E-state index contributed by atoms with van der Waals surface area (Å²) >= 11 is 0. The van der Waals surface area contributed by atoms with Crippen LogP contribution in [0.3, 0.4) is 0 Å². The van der Waals surface area contributed by atoms with E-state index in [9.17, 15) is 9.59 Å². The van der Waals surface area contributed by atoms with Crippen LogP contribution in [0.1, 0.15) is 44.9 Å². The zero-order valence-electron chi connectivity index (χ0n) is 10.1. The number of imide groups is 1. The summed E-state index contributed by atoms with van der Waals surface area (Å²) in [5.74, 6) is -0.0554. The molecule has 0 radical (unpaired) electrons. The molecule has 1 saturated carbocycles. The lowest BCUT2D eigenvalue weighted by Crippen LogP contribution is -2.48. The van der Waals surface area contributed by atoms with Crippen LogP contribution in [0.5, 0.6) is 0 Å². The number of unbranched alkanes of at least 4 members (excludes halogenated alkanes) is 1. The van der Waals surface area contributed by atoms with Crippen molar-refractivity contribution < 1.29 is 14.7 Å². The average molecular weight is 240 g/mol. The van der Waals surface area contributed by atoms with Crippen molar-refractivity contribution in [3.63, 3.8) is 0 Å². The summed E-state index contributed by atoms with van der Waals surface area (Å²) < 4.78 is 0. The predicted molar refractivity (Wildman–Crippen MR) is 62.4 cm³/mol. The molecule has 2 fully saturated rings. The summed E-state index contributed by atoms with van der Waals surface area (Å²) in [6.45, 7) is 0.530. The summed E-state index contributed by atoms with van der Waals surface area (Å²) in [6, 6.07) is -0.255. The first kappa shape index (κ1) is 12.4. The first-order chi connectivity index (χ1) is 8.19. The van der Waals surface area contributed by atoms with E-state index in [1.165, 1.54) is 4.90 Å². The van der Waals surface area contributed by atoms with Crippen molar-refractivity contribution in [2.45, 2.75) is 50.5 Å². The van der Waals surface area contributed by atoms with E-state index in [2.05, 4.69) is 5.32 Å². The second-order valence-corrected chi connectivity index (χ2v) is 4.96. The summed E-state index contributed by atoms with van der Waals surface area (Å²) in [6.07, 6.45) is 6.01. The first-order valence-corrected chi connectivity index (χ1v) is 6.45. The molecule has 1 aliphatic carbocycles. The van der Waals surface area contributed by atoms with Gasteiger partial charge in [-0.15, -0.1) is 0 Å². The van der Waals surface area contributed by atoms with E-state index < -0.39 is 5.54 Å². The standard InChI is InChI=1S/C12H20N2O3/c15-9-5-4-8-14-10(16)12(13-11(14)17)6-2-1-3-7-12/h15H,1-9H2,(H,13,17). The molecule has 1 heterocycles. The molecule has 0 aromatic heterocycles. The summed E-state index contributed by atoms with van der Waals surface area (Å²) in [5, 5.41) is 11.6. The van der Waals surface area contributed by atoms with Gasteiger partial charge < -0.3 is 10.4 Å². The van der Waals surface area contributed by atoms with Crippen molar-refractivity contribution in [2.75, 3.05) is 13.2 Å². The topological polar surface area (TPSA) is 69.6 Å². The van der Waals surface area contributed by atoms with Crippen LogP contribution in [0.2, 0.25) is 0 Å². The quantitative estimate of drug-likeness (QED) is 0.569. The molecule has 5 heteroatoms. The van der Waals surface area contributed by atoms with Crippen molar-refractivity contribution in [1.29, 1.82) is 0 Å². The van der Waals surface area contributed by atoms with Crippen LogP contribution in [0, 0.1) is 0 Å². The Morgan fingerprint density at radius 3 is 2.53 bits per heavy atom. The van der Waals surface area contributed by atoms with Gasteiger partial charge in [0.2, 0.25) is 0 Å². The Kier molecular flexibility index (Phi) is 3.66. The fourth-order valence-electron chi connectivity index (χ4n) is 2.76. The molecular weight excluding hydrogens is 220 g/mol. The maximum atomic E-state index is 12.3. The molecule has 1 spiro atoms. The zero-order chi connectivity index (χ0) is 12.3. The number of hydrogen-bond donors (Lipinski definition) is 2. The summed E-state index contributed by atoms with van der Waals surface area (Å²) in [7, 11) is 0. The van der Waals surface area contributed by atoms with Crippen molar-refractivity contribution in [2.24, 2.45) is 0 Å². The Bertz CT molecular complexity index is 311. The number of nitrogens with one attached hydrogen (secondary N) is 1. The summed E-state index contributed by atoms with van der Waals surface area (Å²) in [5.41, 5.74) is -0.603. The van der Waals surface area contributed by atoms with Gasteiger partial charge in [-0.1, -0.05) is 19.3 Å². The van der Waals surface area contributed by atoms with E-state index in [-0.39, 0.29) is 18.5 Å². The van der Waals surface area contributed by atoms with Crippen molar-refractivity contribution in [3.05, 3.63) is 0 Å². The van der Waals surface area contributed by atoms with Crippen LogP contribution in [0.4, 0.5) is 4.79 Å². The number of hydrogen-bond acceptors (Lipinski definition) is 3. The van der Waals surface area contributed by atoms with Gasteiger partial charge in [-0.3, -0.25) is 9.69 Å². The number of rotatable bonds is 4. The third kappa shape index (κ3) is 2.29. The average Bonchev–Trinajstić information content (AvgIpc) is 2.55. The molecular formula is C12H20N2O3. The lowest BCUT2D eigenvalue weighted by atomic mass is 9.82. The van der Waals surface area contributed by atoms with Crippen molar-refractivity contribution in [1.82, 2.24) is 10.2 Å². The molecule has 0 unspecified atom stereocenters. The lowest BCUT2D eigenvalue weighted by molar-refractivity contribution is -0.132. The molecule has 1 saturated heterocycles. The molecule has 0 bridgehead atoms. The molecule has 2 aliphatic rings. The van der Waals surface area contributed by atoms with Crippen LogP contribution < -0.4 is 5.32 Å². The molecule has 0 aromatic rings. The Hall–Kier alpha value is -1.10. The number of aliphatic hydroxyl groups excluding tert-OH is 1. The van der Waals surface area contributed by atoms with E-state index in [0.29, 0.717) is 19.4 Å². The fraction of sp³-hybridized carbons (Fsp3) is 0.833. The van der Waals surface area contributed by atoms with Gasteiger partial charge in [-0.25, -0.2) is 4.79 Å². The fourth-order valence-corrected chi connectivity index (χ4v) is 2.76. The largest absolute Gasteiger partial charge is 0.396 e. The molecule has 96 valence electrons. The molecule has 0 aromatic carbocycles. The molecule has 1 aliphatic heterocycles. The second kappa shape index (κ2) is 5.04. The van der Waals surface area contributed by atoms with Crippen molar-refractivity contribution in [3.8, 4) is 0 Å². The number of nitrogens with zero attached hydrogens (tertiary/aromatic N) is 1. The number of carbonyl (C=O) groups is 2. The van der Waals surface area contributed by atoms with E-state index in [1.807, 2.05) is 0 Å². The Balaban J connectivity index is 2.00. The highest BCUT2D eigenvalue weighted by molar-refractivity contribution is 6.07. The zero-order valence-corrected chi connectivity index (χ0v) is 10.1. The SMILES string of the molecule is O=C1NC2(CCCCC2)C(=O)N1CCCCO. The minimum absolute atomic E-state index is 0.0554. The molecule has 5 nitrogen and oxygen atoms in total. The van der Waals surface area contributed by atoms with Gasteiger partial charge in [0, 0.05) is 13.2 Å². The maximum absolute atomic E-state index is 12.3. The van der Waals surface area contributed by atoms with Gasteiger partial charge in [0.25, 0.3) is 5.91 Å². The van der Waals surface area contributed by atoms with Crippen LogP contribution in [0.15, 0.2) is 0 Å². The molecule has 17 heavy (non-hydrogen) atoms. The van der Waals surface area contributed by atoms with Gasteiger partial charge in [-0.05, 0) is 25.7 Å². The van der Waals surface area contributed by atoms with Gasteiger partial charge in [-0.2, -0.15) is 0 Å². The van der Waals surface area contributed by atoms with Crippen LogP contribution in [-0.2, 0) is 4.79 Å². The second-order valence-electron chi connectivity index (χ2n) is 4.96. The third-order valence-corrected chi connectivity index (χ3v) is 3.74. The van der Waals surface area contributed by atoms with Gasteiger partial charge >= 0.3 is 6.03 Å². The van der Waals surface area contributed by atoms with Crippen molar-refractivity contribution >= 4 is 11.9 Å². The molecule has 2 rings (SSSR count). The monoisotopic (exact) mass is 240 g/mol. The predicted octanol–water partition coefficient (Wildman–Crippen LogP) is 1.01. The van der Waals surface area contributed by atoms with E-state index in [1.54, 1.807) is 0 Å². The first-order valence-electron chi connectivity index (χ1n) is 6.45. The highest BCUT2D eigenvalue weighted by Crippen LogP contribution is 2.33. The minimum atomic E-state index is -0.603. The number of aliphatic hydroxyl groups is 1. The van der Waals surface area contributed by atoms with Crippen LogP contribution >= 0.6 is 0 Å². The molecule has 0 atom stereocenters. The molecule has 3 amide bonds. The smallest absolute Gasteiger partial charge is 0.325 e. The van der Waals surface area contributed by atoms with Gasteiger partial charge in [0.05, 0.1) is 0 Å². The number of amides is 3. The third-order valence-electron chi connectivity index (χ3n) is 3.74. The Morgan fingerprint density at radius 2 is 1.88 bits per heavy atom. The highest BCUT2D eigenvalue weighted by Gasteiger charge is 2.50. The Morgan fingerprint density at radius 1 is 1.18 bits per heavy atom. The van der Waals surface area contributed by atoms with Crippen LogP contribution in [0.25, 0.3) is 0 Å². The highest BCUT2D eigenvalue weighted by atomic mass is 16.3. The van der Waals surface area contributed by atoms with E-state index >= 15 is 0 Å². The summed E-state index contributed by atoms with van der Waals surface area (Å²) in [4.78, 5) is 25.4. The number of carbonyl (C=O) groups excluding carboxylic acids is 2. The minimum Gasteiger partial charge on any atom is -0.396 e. The number of urea groups is 1. The van der Waals surface area contributed by atoms with E-state index in [0.717, 1.165) is 32.1 Å². The van der Waals surface area contributed by atoms with E-state index in [4.69, 9.17) is 5.11 Å².